The number of thiazole rings is 1. The second-order valence-corrected chi connectivity index (χ2v) is 4.59. The predicted octanol–water partition coefficient (Wildman–Crippen LogP) is 4.03. The molecule has 0 radical (unpaired) electrons. The summed E-state index contributed by atoms with van der Waals surface area (Å²) < 4.78 is 38.3. The summed E-state index contributed by atoms with van der Waals surface area (Å²) >= 11 is 1.09. The van der Waals surface area contributed by atoms with Crippen molar-refractivity contribution >= 4 is 11.3 Å². The van der Waals surface area contributed by atoms with Crippen LogP contribution in [-0.2, 0) is 0 Å². The van der Waals surface area contributed by atoms with Crippen LogP contribution in [0.1, 0.15) is 36.7 Å². The van der Waals surface area contributed by atoms with Crippen molar-refractivity contribution < 1.29 is 13.2 Å². The van der Waals surface area contributed by atoms with E-state index in [1.54, 1.807) is 13.8 Å². The van der Waals surface area contributed by atoms with Gasteiger partial charge in [-0.15, -0.1) is 11.3 Å². The van der Waals surface area contributed by atoms with E-state index in [2.05, 4.69) is 4.98 Å². The van der Waals surface area contributed by atoms with E-state index in [9.17, 15) is 13.2 Å². The molecule has 1 unspecified atom stereocenters. The molecular weight excluding hydrogens is 249 g/mol. The lowest BCUT2D eigenvalue weighted by Crippen LogP contribution is -2.35. The Labute approximate surface area is 104 Å². The molecule has 17 heavy (non-hydrogen) atoms. The smallest absolute Gasteiger partial charge is 0.290 e. The van der Waals surface area contributed by atoms with Gasteiger partial charge in [0.15, 0.2) is 6.04 Å². The number of alkyl halides is 3. The topological polar surface area (TPSA) is 16.1 Å². The van der Waals surface area contributed by atoms with Crippen LogP contribution in [0.25, 0.3) is 0 Å². The molecule has 1 aromatic heterocycles. The quantitative estimate of drug-likeness (QED) is 0.822. The number of hydrogen-bond acceptors (Lipinski definition) is 3. The monoisotopic (exact) mass is 268 g/mol. The number of hydrogen-bond donors (Lipinski definition) is 0. The number of aromatic nitrogens is 1. The SMILES string of the molecule is CC.CCN(C)C(c1ncc(C)s1)C(F)(F)F. The fourth-order valence-electron chi connectivity index (χ4n) is 1.26. The Kier molecular flexibility index (Phi) is 6.70. The Bertz CT molecular complexity index is 323. The highest BCUT2D eigenvalue weighted by Gasteiger charge is 2.44. The first-order valence-corrected chi connectivity index (χ1v) is 6.37. The minimum absolute atomic E-state index is 0.115. The van der Waals surface area contributed by atoms with E-state index in [0.717, 1.165) is 16.2 Å². The van der Waals surface area contributed by atoms with Gasteiger partial charge in [-0.05, 0) is 20.5 Å². The summed E-state index contributed by atoms with van der Waals surface area (Å²) in [6, 6.07) is -1.58. The molecule has 0 N–H and O–H groups in total. The second-order valence-electron chi connectivity index (χ2n) is 3.33. The molecule has 0 aromatic carbocycles. The van der Waals surface area contributed by atoms with E-state index in [4.69, 9.17) is 0 Å². The van der Waals surface area contributed by atoms with Gasteiger partial charge in [0.25, 0.3) is 0 Å². The molecule has 6 heteroatoms. The van der Waals surface area contributed by atoms with Crippen molar-refractivity contribution in [1.82, 2.24) is 9.88 Å². The highest BCUT2D eigenvalue weighted by atomic mass is 32.1. The molecule has 0 aliphatic rings. The molecule has 0 saturated carbocycles. The molecule has 0 aliphatic carbocycles. The fraction of sp³-hybridized carbons (Fsp3) is 0.727. The molecule has 0 saturated heterocycles. The van der Waals surface area contributed by atoms with Gasteiger partial charge in [0.05, 0.1) is 0 Å². The molecule has 0 fully saturated rings. The lowest BCUT2D eigenvalue weighted by Gasteiger charge is -2.26. The number of nitrogens with zero attached hydrogens (tertiary/aromatic N) is 2. The molecular formula is C11H19F3N2S. The predicted molar refractivity (Wildman–Crippen MR) is 65.3 cm³/mol. The van der Waals surface area contributed by atoms with E-state index in [1.807, 2.05) is 13.8 Å². The van der Waals surface area contributed by atoms with Gasteiger partial charge in [-0.3, -0.25) is 4.90 Å². The van der Waals surface area contributed by atoms with Crippen molar-refractivity contribution in [3.05, 3.63) is 16.1 Å². The first kappa shape index (κ1) is 16.4. The van der Waals surface area contributed by atoms with Crippen LogP contribution in [0.4, 0.5) is 13.2 Å². The van der Waals surface area contributed by atoms with Crippen LogP contribution in [0.5, 0.6) is 0 Å². The highest BCUT2D eigenvalue weighted by Crippen LogP contribution is 2.38. The molecule has 1 atom stereocenters. The van der Waals surface area contributed by atoms with Crippen LogP contribution < -0.4 is 0 Å². The summed E-state index contributed by atoms with van der Waals surface area (Å²) in [5, 5.41) is 0.115. The minimum Gasteiger partial charge on any atom is -0.290 e. The number of rotatable bonds is 3. The highest BCUT2D eigenvalue weighted by molar-refractivity contribution is 7.11. The molecule has 100 valence electrons. The van der Waals surface area contributed by atoms with Gasteiger partial charge < -0.3 is 0 Å². The first-order chi connectivity index (χ1) is 7.86. The van der Waals surface area contributed by atoms with E-state index < -0.39 is 12.2 Å². The van der Waals surface area contributed by atoms with Crippen LogP contribution >= 0.6 is 11.3 Å². The Morgan fingerprint density at radius 2 is 1.94 bits per heavy atom. The van der Waals surface area contributed by atoms with Crippen molar-refractivity contribution in [3.8, 4) is 0 Å². The van der Waals surface area contributed by atoms with E-state index in [-0.39, 0.29) is 5.01 Å². The first-order valence-electron chi connectivity index (χ1n) is 5.55. The third-order valence-corrected chi connectivity index (χ3v) is 3.09. The van der Waals surface area contributed by atoms with E-state index >= 15 is 0 Å². The van der Waals surface area contributed by atoms with Gasteiger partial charge in [0.1, 0.15) is 5.01 Å². The second kappa shape index (κ2) is 6.96. The van der Waals surface area contributed by atoms with Crippen LogP contribution in [0, 0.1) is 6.92 Å². The normalized spacial score (nSPS) is 13.2. The van der Waals surface area contributed by atoms with Crippen molar-refractivity contribution in [2.75, 3.05) is 13.6 Å². The molecule has 1 rings (SSSR count). The summed E-state index contributed by atoms with van der Waals surface area (Å²) in [6.07, 6.45) is -2.79. The Morgan fingerprint density at radius 1 is 1.41 bits per heavy atom. The van der Waals surface area contributed by atoms with Gasteiger partial charge in [-0.2, -0.15) is 13.2 Å². The van der Waals surface area contributed by atoms with Gasteiger partial charge in [-0.1, -0.05) is 20.8 Å². The molecule has 0 aliphatic heterocycles. The molecule has 1 aromatic rings. The van der Waals surface area contributed by atoms with Crippen LogP contribution in [0.15, 0.2) is 6.20 Å². The third kappa shape index (κ3) is 4.63. The fourth-order valence-corrected chi connectivity index (χ4v) is 2.23. The minimum atomic E-state index is -4.27. The molecule has 1 heterocycles. The zero-order valence-corrected chi connectivity index (χ0v) is 11.6. The Balaban J connectivity index is 0.00000121. The summed E-state index contributed by atoms with van der Waals surface area (Å²) in [6.45, 7) is 7.78. The zero-order chi connectivity index (χ0) is 13.6. The average Bonchev–Trinajstić information content (AvgIpc) is 2.65. The third-order valence-electron chi connectivity index (χ3n) is 2.12. The molecule has 0 bridgehead atoms. The summed E-state index contributed by atoms with van der Waals surface area (Å²) in [4.78, 5) is 5.85. The van der Waals surface area contributed by atoms with Gasteiger partial charge >= 0.3 is 6.18 Å². The van der Waals surface area contributed by atoms with Crippen LogP contribution in [0.2, 0.25) is 0 Å². The van der Waals surface area contributed by atoms with Crippen molar-refractivity contribution in [1.29, 1.82) is 0 Å². The largest absolute Gasteiger partial charge is 0.410 e. The zero-order valence-electron chi connectivity index (χ0n) is 10.8. The van der Waals surface area contributed by atoms with Gasteiger partial charge in [-0.25, -0.2) is 4.98 Å². The number of halogens is 3. The summed E-state index contributed by atoms with van der Waals surface area (Å²) in [5.74, 6) is 0. The van der Waals surface area contributed by atoms with Crippen molar-refractivity contribution in [3.63, 3.8) is 0 Å². The Hall–Kier alpha value is -0.620. The van der Waals surface area contributed by atoms with Crippen LogP contribution in [-0.4, -0.2) is 29.7 Å². The Morgan fingerprint density at radius 3 is 2.24 bits per heavy atom. The van der Waals surface area contributed by atoms with Gasteiger partial charge in [0, 0.05) is 11.1 Å². The molecule has 0 amide bonds. The summed E-state index contributed by atoms with van der Waals surface area (Å²) in [7, 11) is 1.45. The lowest BCUT2D eigenvalue weighted by atomic mass is 10.2. The molecule has 0 spiro atoms. The van der Waals surface area contributed by atoms with E-state index in [0.29, 0.717) is 6.54 Å². The van der Waals surface area contributed by atoms with Crippen molar-refractivity contribution in [2.24, 2.45) is 0 Å². The van der Waals surface area contributed by atoms with Crippen molar-refractivity contribution in [2.45, 2.75) is 39.9 Å². The maximum atomic E-state index is 12.8. The molecule has 2 nitrogen and oxygen atoms in total. The van der Waals surface area contributed by atoms with Crippen LogP contribution in [0.3, 0.4) is 0 Å². The van der Waals surface area contributed by atoms with Gasteiger partial charge in [0.2, 0.25) is 0 Å². The lowest BCUT2D eigenvalue weighted by molar-refractivity contribution is -0.182. The summed E-state index contributed by atoms with van der Waals surface area (Å²) in [5.41, 5.74) is 0. The number of aryl methyl sites for hydroxylation is 1. The maximum absolute atomic E-state index is 12.8. The average molecular weight is 268 g/mol. The maximum Gasteiger partial charge on any atom is 0.410 e. The standard InChI is InChI=1S/C9H13F3N2S.C2H6/c1-4-14(3)7(9(10,11)12)8-13-5-6(2)15-8;1-2/h5,7H,4H2,1-3H3;1-2H3. The van der Waals surface area contributed by atoms with E-state index in [1.165, 1.54) is 18.1 Å².